The number of hydrogen-bond donors (Lipinski definition) is 0. The SMILES string of the molecule is CC[N+]1=C(I)C(C)(C)c2ccccc21. The number of para-hydroxylation sites is 1. The van der Waals surface area contributed by atoms with Crippen molar-refractivity contribution in [1.82, 2.24) is 0 Å². The maximum Gasteiger partial charge on any atom is 0.228 e. The van der Waals surface area contributed by atoms with Crippen molar-refractivity contribution in [3.63, 3.8) is 0 Å². The molecule has 0 aliphatic carbocycles. The van der Waals surface area contributed by atoms with Crippen molar-refractivity contribution < 1.29 is 4.58 Å². The molecule has 1 nitrogen and oxygen atoms in total. The molecule has 1 aliphatic heterocycles. The van der Waals surface area contributed by atoms with Crippen LogP contribution in [-0.4, -0.2) is 14.8 Å². The van der Waals surface area contributed by atoms with Gasteiger partial charge in [0.1, 0.15) is 6.54 Å². The summed E-state index contributed by atoms with van der Waals surface area (Å²) in [6.45, 7) is 7.85. The molecule has 0 aromatic heterocycles. The fourth-order valence-corrected chi connectivity index (χ4v) is 2.99. The first-order valence-corrected chi connectivity index (χ1v) is 6.07. The third-order valence-electron chi connectivity index (χ3n) is 2.94. The second-order valence-electron chi connectivity index (χ2n) is 4.18. The first kappa shape index (κ1) is 10.1. The van der Waals surface area contributed by atoms with E-state index in [4.69, 9.17) is 0 Å². The summed E-state index contributed by atoms with van der Waals surface area (Å²) in [5.41, 5.74) is 3.02. The van der Waals surface area contributed by atoms with Crippen molar-refractivity contribution in [1.29, 1.82) is 0 Å². The van der Waals surface area contributed by atoms with Crippen molar-refractivity contribution in [2.45, 2.75) is 26.2 Å². The van der Waals surface area contributed by atoms with Crippen molar-refractivity contribution in [2.24, 2.45) is 0 Å². The van der Waals surface area contributed by atoms with Gasteiger partial charge in [-0.05, 0) is 20.8 Å². The van der Waals surface area contributed by atoms with E-state index in [0.29, 0.717) is 0 Å². The molecule has 0 saturated carbocycles. The number of rotatable bonds is 1. The molecule has 0 amide bonds. The molecule has 0 fully saturated rings. The third kappa shape index (κ3) is 1.23. The molecule has 14 heavy (non-hydrogen) atoms. The molecule has 2 heteroatoms. The van der Waals surface area contributed by atoms with Gasteiger partial charge in [-0.1, -0.05) is 18.2 Å². The monoisotopic (exact) mass is 300 g/mol. The first-order valence-electron chi connectivity index (χ1n) is 4.99. The van der Waals surface area contributed by atoms with Gasteiger partial charge in [0.25, 0.3) is 0 Å². The second-order valence-corrected chi connectivity index (χ2v) is 5.20. The van der Waals surface area contributed by atoms with Crippen LogP contribution in [0, 0.1) is 0 Å². The van der Waals surface area contributed by atoms with E-state index in [0.717, 1.165) is 6.54 Å². The first-order chi connectivity index (χ1) is 6.59. The van der Waals surface area contributed by atoms with Gasteiger partial charge in [-0.2, -0.15) is 4.58 Å². The fraction of sp³-hybridized carbons (Fsp3) is 0.417. The van der Waals surface area contributed by atoms with E-state index in [2.05, 4.69) is 72.2 Å². The third-order valence-corrected chi connectivity index (χ3v) is 4.87. The second kappa shape index (κ2) is 3.33. The molecule has 0 atom stereocenters. The van der Waals surface area contributed by atoms with Crippen molar-refractivity contribution in [3.8, 4) is 0 Å². The zero-order chi connectivity index (χ0) is 10.3. The quantitative estimate of drug-likeness (QED) is 0.552. The zero-order valence-corrected chi connectivity index (χ0v) is 11.0. The Morgan fingerprint density at radius 1 is 1.29 bits per heavy atom. The largest absolute Gasteiger partial charge is 0.228 e. The van der Waals surface area contributed by atoms with Gasteiger partial charge in [0, 0.05) is 34.2 Å². The molecule has 1 aliphatic rings. The van der Waals surface area contributed by atoms with Crippen LogP contribution in [0.5, 0.6) is 0 Å². The maximum atomic E-state index is 2.47. The van der Waals surface area contributed by atoms with Gasteiger partial charge in [0.05, 0.1) is 5.41 Å². The van der Waals surface area contributed by atoms with Crippen LogP contribution < -0.4 is 0 Å². The van der Waals surface area contributed by atoms with Crippen LogP contribution in [0.3, 0.4) is 0 Å². The highest BCUT2D eigenvalue weighted by atomic mass is 127. The molecule has 0 spiro atoms. The summed E-state index contributed by atoms with van der Waals surface area (Å²) in [5.74, 6) is 0. The Balaban J connectivity index is 2.70. The van der Waals surface area contributed by atoms with Crippen molar-refractivity contribution >= 4 is 32.0 Å². The van der Waals surface area contributed by atoms with Gasteiger partial charge in [0.15, 0.2) is 0 Å². The Labute approximate surface area is 99.0 Å². The van der Waals surface area contributed by atoms with E-state index >= 15 is 0 Å². The van der Waals surface area contributed by atoms with Crippen LogP contribution in [-0.2, 0) is 5.41 Å². The summed E-state index contributed by atoms with van der Waals surface area (Å²) in [4.78, 5) is 0. The Kier molecular flexibility index (Phi) is 2.41. The molecule has 2 rings (SSSR count). The minimum Gasteiger partial charge on any atom is -0.190 e. The molecule has 0 bridgehead atoms. The van der Waals surface area contributed by atoms with Gasteiger partial charge in [-0.3, -0.25) is 0 Å². The highest BCUT2D eigenvalue weighted by Gasteiger charge is 2.43. The Bertz CT molecular complexity index is 405. The predicted molar refractivity (Wildman–Crippen MR) is 69.0 cm³/mol. The number of halogens is 1. The lowest BCUT2D eigenvalue weighted by Crippen LogP contribution is -2.23. The van der Waals surface area contributed by atoms with E-state index in [9.17, 15) is 0 Å². The average Bonchev–Trinajstić information content (AvgIpc) is 2.37. The molecule has 0 N–H and O–H groups in total. The van der Waals surface area contributed by atoms with E-state index in [1.807, 2.05) is 0 Å². The van der Waals surface area contributed by atoms with Gasteiger partial charge in [-0.15, -0.1) is 0 Å². The number of hydrogen-bond acceptors (Lipinski definition) is 0. The van der Waals surface area contributed by atoms with Crippen LogP contribution in [0.25, 0.3) is 0 Å². The number of nitrogens with zero attached hydrogens (tertiary/aromatic N) is 1. The Morgan fingerprint density at radius 2 is 1.93 bits per heavy atom. The maximum absolute atomic E-state index is 2.47. The predicted octanol–water partition coefficient (Wildman–Crippen LogP) is 3.48. The highest BCUT2D eigenvalue weighted by molar-refractivity contribution is 14.1. The zero-order valence-electron chi connectivity index (χ0n) is 8.84. The standard InChI is InChI=1S/C12H15IN/c1-4-14-10-8-6-5-7-9(10)12(2,3)11(14)13/h5-8H,4H2,1-3H3/q+1. The molecule has 0 radical (unpaired) electrons. The van der Waals surface area contributed by atoms with Crippen LogP contribution in [0.15, 0.2) is 24.3 Å². The lowest BCUT2D eigenvalue weighted by atomic mass is 9.87. The lowest BCUT2D eigenvalue weighted by Gasteiger charge is -2.12. The van der Waals surface area contributed by atoms with Gasteiger partial charge < -0.3 is 0 Å². The minimum absolute atomic E-state index is 0.188. The molecule has 74 valence electrons. The normalized spacial score (nSPS) is 18.6. The summed E-state index contributed by atoms with van der Waals surface area (Å²) in [7, 11) is 0. The van der Waals surface area contributed by atoms with E-state index in [1.54, 1.807) is 0 Å². The van der Waals surface area contributed by atoms with Gasteiger partial charge in [-0.25, -0.2) is 0 Å². The van der Waals surface area contributed by atoms with Crippen LogP contribution >= 0.6 is 22.6 Å². The van der Waals surface area contributed by atoms with Crippen LogP contribution in [0.1, 0.15) is 26.3 Å². The molecule has 1 aromatic carbocycles. The summed E-state index contributed by atoms with van der Waals surface area (Å²) in [6, 6.07) is 8.70. The van der Waals surface area contributed by atoms with Crippen molar-refractivity contribution in [3.05, 3.63) is 29.8 Å². The summed E-state index contributed by atoms with van der Waals surface area (Å²) >= 11 is 2.47. The molecule has 1 heterocycles. The average molecular weight is 300 g/mol. The van der Waals surface area contributed by atoms with Crippen LogP contribution in [0.4, 0.5) is 5.69 Å². The molecule has 0 saturated heterocycles. The molecule has 1 aromatic rings. The van der Waals surface area contributed by atoms with E-state index in [-0.39, 0.29) is 5.41 Å². The Morgan fingerprint density at radius 3 is 2.57 bits per heavy atom. The number of benzene rings is 1. The molecular formula is C12H15IN+. The summed E-state index contributed by atoms with van der Waals surface area (Å²) in [5, 5.41) is 0. The number of fused-ring (bicyclic) bond motifs is 1. The smallest absolute Gasteiger partial charge is 0.190 e. The van der Waals surface area contributed by atoms with Crippen LogP contribution in [0.2, 0.25) is 0 Å². The van der Waals surface area contributed by atoms with E-state index in [1.165, 1.54) is 15.0 Å². The van der Waals surface area contributed by atoms with Gasteiger partial charge >= 0.3 is 0 Å². The Hall–Kier alpha value is -0.380. The fourth-order valence-electron chi connectivity index (χ4n) is 2.10. The summed E-state index contributed by atoms with van der Waals surface area (Å²) in [6.07, 6.45) is 0. The minimum atomic E-state index is 0.188. The molecule has 0 unspecified atom stereocenters. The topological polar surface area (TPSA) is 3.01 Å². The molecular weight excluding hydrogens is 285 g/mol. The highest BCUT2D eigenvalue weighted by Crippen LogP contribution is 2.40. The van der Waals surface area contributed by atoms with Crippen molar-refractivity contribution in [2.75, 3.05) is 6.54 Å². The summed E-state index contributed by atoms with van der Waals surface area (Å²) < 4.78 is 3.83. The lowest BCUT2D eigenvalue weighted by molar-refractivity contribution is -0.429. The van der Waals surface area contributed by atoms with E-state index < -0.39 is 0 Å². The van der Waals surface area contributed by atoms with Gasteiger partial charge in [0.2, 0.25) is 9.41 Å².